The van der Waals surface area contributed by atoms with Crippen molar-refractivity contribution < 1.29 is 9.53 Å². The van der Waals surface area contributed by atoms with Crippen molar-refractivity contribution in [2.75, 3.05) is 13.2 Å². The molecule has 0 aromatic heterocycles. The van der Waals surface area contributed by atoms with Gasteiger partial charge in [-0.05, 0) is 19.9 Å². The lowest BCUT2D eigenvalue weighted by Gasteiger charge is -2.16. The van der Waals surface area contributed by atoms with E-state index in [2.05, 4.69) is 19.2 Å². The summed E-state index contributed by atoms with van der Waals surface area (Å²) in [6, 6.07) is 0.293. The lowest BCUT2D eigenvalue weighted by atomic mass is 10.0. The van der Waals surface area contributed by atoms with E-state index in [0.717, 1.165) is 13.0 Å². The summed E-state index contributed by atoms with van der Waals surface area (Å²) in [6.45, 7) is 7.53. The van der Waals surface area contributed by atoms with Crippen LogP contribution in [0.5, 0.6) is 0 Å². The smallest absolute Gasteiger partial charge is 0.307 e. The molecule has 1 unspecified atom stereocenters. The summed E-state index contributed by atoms with van der Waals surface area (Å²) >= 11 is 0. The Morgan fingerprint density at radius 1 is 1.19 bits per heavy atom. The van der Waals surface area contributed by atoms with Gasteiger partial charge in [-0.15, -0.1) is 0 Å². The van der Waals surface area contributed by atoms with E-state index in [0.29, 0.717) is 19.1 Å². The van der Waals surface area contributed by atoms with Crippen molar-refractivity contribution >= 4 is 5.97 Å². The highest BCUT2D eigenvalue weighted by Crippen LogP contribution is 2.08. The van der Waals surface area contributed by atoms with Gasteiger partial charge in [0.05, 0.1) is 13.0 Å². The number of carbonyl (C=O) groups excluding carboxylic acids is 1. The quantitative estimate of drug-likeness (QED) is 0.462. The van der Waals surface area contributed by atoms with Crippen LogP contribution in [0.4, 0.5) is 0 Å². The molecule has 0 amide bonds. The van der Waals surface area contributed by atoms with Crippen molar-refractivity contribution in [2.45, 2.75) is 65.3 Å². The van der Waals surface area contributed by atoms with Gasteiger partial charge in [0.2, 0.25) is 0 Å². The predicted octanol–water partition coefficient (Wildman–Crippen LogP) is 2.89. The maximum atomic E-state index is 11.4. The number of hydrogen-bond acceptors (Lipinski definition) is 3. The SMILES string of the molecule is CCCCCCC(CC(=O)OCC)NCC. The van der Waals surface area contributed by atoms with Crippen molar-refractivity contribution in [3.05, 3.63) is 0 Å². The van der Waals surface area contributed by atoms with Gasteiger partial charge in [-0.3, -0.25) is 4.79 Å². The standard InChI is InChI=1S/C13H27NO2/c1-4-7-8-9-10-12(14-5-2)11-13(15)16-6-3/h12,14H,4-11H2,1-3H3. The summed E-state index contributed by atoms with van der Waals surface area (Å²) in [5, 5.41) is 3.35. The fraction of sp³-hybridized carbons (Fsp3) is 0.923. The maximum absolute atomic E-state index is 11.4. The van der Waals surface area contributed by atoms with Gasteiger partial charge in [0.15, 0.2) is 0 Å². The molecule has 0 aliphatic rings. The first-order chi connectivity index (χ1) is 7.74. The highest BCUT2D eigenvalue weighted by Gasteiger charge is 2.12. The first-order valence-corrected chi connectivity index (χ1v) is 6.63. The molecule has 0 spiro atoms. The second-order valence-electron chi connectivity index (χ2n) is 4.11. The van der Waals surface area contributed by atoms with Crippen LogP contribution >= 0.6 is 0 Å². The van der Waals surface area contributed by atoms with E-state index in [1.807, 2.05) is 6.92 Å². The Kier molecular flexibility index (Phi) is 10.5. The summed E-state index contributed by atoms with van der Waals surface area (Å²) in [5.74, 6) is -0.0797. The van der Waals surface area contributed by atoms with Crippen LogP contribution in [0.25, 0.3) is 0 Å². The van der Waals surface area contributed by atoms with Gasteiger partial charge in [0.1, 0.15) is 0 Å². The van der Waals surface area contributed by atoms with Crippen LogP contribution in [0.1, 0.15) is 59.3 Å². The third-order valence-electron chi connectivity index (χ3n) is 2.62. The molecule has 0 radical (unpaired) electrons. The van der Waals surface area contributed by atoms with E-state index >= 15 is 0 Å². The molecule has 1 atom stereocenters. The van der Waals surface area contributed by atoms with Crippen LogP contribution in [-0.4, -0.2) is 25.2 Å². The molecule has 16 heavy (non-hydrogen) atoms. The fourth-order valence-electron chi connectivity index (χ4n) is 1.80. The summed E-state index contributed by atoms with van der Waals surface area (Å²) in [6.07, 6.45) is 6.59. The number of ether oxygens (including phenoxy) is 1. The Morgan fingerprint density at radius 3 is 2.50 bits per heavy atom. The minimum atomic E-state index is -0.0797. The van der Waals surface area contributed by atoms with Crippen molar-refractivity contribution in [1.29, 1.82) is 0 Å². The first kappa shape index (κ1) is 15.4. The number of nitrogens with one attached hydrogen (secondary N) is 1. The molecule has 0 rings (SSSR count). The maximum Gasteiger partial charge on any atom is 0.307 e. The average molecular weight is 229 g/mol. The normalized spacial score (nSPS) is 12.4. The second-order valence-corrected chi connectivity index (χ2v) is 4.11. The summed E-state index contributed by atoms with van der Waals surface area (Å²) in [7, 11) is 0. The van der Waals surface area contributed by atoms with Crippen LogP contribution in [0, 0.1) is 0 Å². The molecule has 0 aliphatic carbocycles. The van der Waals surface area contributed by atoms with Gasteiger partial charge in [0, 0.05) is 6.04 Å². The van der Waals surface area contributed by atoms with Crippen molar-refractivity contribution in [3.8, 4) is 0 Å². The Hall–Kier alpha value is -0.570. The first-order valence-electron chi connectivity index (χ1n) is 6.63. The summed E-state index contributed by atoms with van der Waals surface area (Å²) < 4.78 is 4.97. The van der Waals surface area contributed by atoms with Gasteiger partial charge in [-0.1, -0.05) is 39.5 Å². The Labute approximate surface area is 99.9 Å². The zero-order valence-electron chi connectivity index (χ0n) is 11.1. The molecule has 3 nitrogen and oxygen atoms in total. The average Bonchev–Trinajstić information content (AvgIpc) is 2.25. The molecule has 0 saturated carbocycles. The minimum absolute atomic E-state index is 0.0797. The molecule has 0 heterocycles. The Morgan fingerprint density at radius 2 is 1.94 bits per heavy atom. The molecule has 0 saturated heterocycles. The molecule has 1 N–H and O–H groups in total. The lowest BCUT2D eigenvalue weighted by molar-refractivity contribution is -0.143. The van der Waals surface area contributed by atoms with E-state index < -0.39 is 0 Å². The van der Waals surface area contributed by atoms with Gasteiger partial charge in [0.25, 0.3) is 0 Å². The van der Waals surface area contributed by atoms with Crippen molar-refractivity contribution in [1.82, 2.24) is 5.32 Å². The van der Waals surface area contributed by atoms with Crippen LogP contribution in [0.3, 0.4) is 0 Å². The van der Waals surface area contributed by atoms with Crippen molar-refractivity contribution in [3.63, 3.8) is 0 Å². The van der Waals surface area contributed by atoms with E-state index in [1.54, 1.807) is 0 Å². The monoisotopic (exact) mass is 229 g/mol. The summed E-state index contributed by atoms with van der Waals surface area (Å²) in [4.78, 5) is 11.4. The molecule has 96 valence electrons. The van der Waals surface area contributed by atoms with E-state index in [1.165, 1.54) is 25.7 Å². The van der Waals surface area contributed by atoms with Gasteiger partial charge >= 0.3 is 5.97 Å². The second kappa shape index (κ2) is 10.9. The third kappa shape index (κ3) is 8.72. The third-order valence-corrected chi connectivity index (χ3v) is 2.62. The number of esters is 1. The van der Waals surface area contributed by atoms with Crippen LogP contribution in [-0.2, 0) is 9.53 Å². The van der Waals surface area contributed by atoms with Gasteiger partial charge in [-0.25, -0.2) is 0 Å². The van der Waals surface area contributed by atoms with Gasteiger partial charge in [-0.2, -0.15) is 0 Å². The van der Waals surface area contributed by atoms with E-state index in [4.69, 9.17) is 4.74 Å². The lowest BCUT2D eigenvalue weighted by Crippen LogP contribution is -2.31. The largest absolute Gasteiger partial charge is 0.466 e. The highest BCUT2D eigenvalue weighted by molar-refractivity contribution is 5.70. The van der Waals surface area contributed by atoms with Gasteiger partial charge < -0.3 is 10.1 Å². The highest BCUT2D eigenvalue weighted by atomic mass is 16.5. The van der Waals surface area contributed by atoms with E-state index in [-0.39, 0.29) is 5.97 Å². The molecule has 0 fully saturated rings. The molecular weight excluding hydrogens is 202 g/mol. The van der Waals surface area contributed by atoms with Crippen LogP contribution in [0.15, 0.2) is 0 Å². The zero-order chi connectivity index (χ0) is 12.2. The number of hydrogen-bond donors (Lipinski definition) is 1. The summed E-state index contributed by atoms with van der Waals surface area (Å²) in [5.41, 5.74) is 0. The zero-order valence-corrected chi connectivity index (χ0v) is 11.1. The molecule has 0 aliphatic heterocycles. The number of unbranched alkanes of at least 4 members (excludes halogenated alkanes) is 3. The van der Waals surface area contributed by atoms with Crippen LogP contribution in [0.2, 0.25) is 0 Å². The molecule has 0 bridgehead atoms. The molecule has 3 heteroatoms. The molecular formula is C13H27NO2. The van der Waals surface area contributed by atoms with E-state index in [9.17, 15) is 4.79 Å². The molecule has 0 aromatic rings. The topological polar surface area (TPSA) is 38.3 Å². The predicted molar refractivity (Wildman–Crippen MR) is 67.5 cm³/mol. The Bertz CT molecular complexity index is 171. The number of rotatable bonds is 10. The fourth-order valence-corrected chi connectivity index (χ4v) is 1.80. The molecule has 0 aromatic carbocycles. The Balaban J connectivity index is 3.73. The van der Waals surface area contributed by atoms with Crippen LogP contribution < -0.4 is 5.32 Å². The number of carbonyl (C=O) groups is 1. The van der Waals surface area contributed by atoms with Crippen molar-refractivity contribution in [2.24, 2.45) is 0 Å². The minimum Gasteiger partial charge on any atom is -0.466 e.